The highest BCUT2D eigenvalue weighted by atomic mass is 16.5. The van der Waals surface area contributed by atoms with Crippen LogP contribution in [0.25, 0.3) is 0 Å². The van der Waals surface area contributed by atoms with Gasteiger partial charge < -0.3 is 10.5 Å². The van der Waals surface area contributed by atoms with Crippen molar-refractivity contribution < 1.29 is 4.74 Å². The molecule has 0 bridgehead atoms. The largest absolute Gasteiger partial charge is 0.382 e. The lowest BCUT2D eigenvalue weighted by atomic mass is 10.4. The number of anilines is 1. The smallest absolute Gasteiger partial charge is 0.145 e. The molecule has 68 valence electrons. The van der Waals surface area contributed by atoms with Crippen LogP contribution < -0.4 is 5.73 Å². The van der Waals surface area contributed by atoms with E-state index in [9.17, 15) is 0 Å². The number of rotatable bonds is 5. The summed E-state index contributed by atoms with van der Waals surface area (Å²) in [6, 6.07) is 1.79. The first kappa shape index (κ1) is 9.06. The minimum Gasteiger partial charge on any atom is -0.382 e. The monoisotopic (exact) mass is 169 g/mol. The molecular formula is C8H15N3O. The summed E-state index contributed by atoms with van der Waals surface area (Å²) in [6.45, 7) is 4.43. The fourth-order valence-electron chi connectivity index (χ4n) is 0.975. The third-order valence-corrected chi connectivity index (χ3v) is 1.54. The summed E-state index contributed by atoms with van der Waals surface area (Å²) >= 11 is 0. The Labute approximate surface area is 72.3 Å². The SMILES string of the molecule is CCOCCCn1ccc(N)n1. The molecular weight excluding hydrogens is 154 g/mol. The molecule has 0 atom stereocenters. The molecule has 0 aliphatic carbocycles. The molecule has 2 N–H and O–H groups in total. The van der Waals surface area contributed by atoms with Crippen molar-refractivity contribution in [2.24, 2.45) is 0 Å². The lowest BCUT2D eigenvalue weighted by Gasteiger charge is -2.01. The van der Waals surface area contributed by atoms with Crippen LogP contribution in [-0.2, 0) is 11.3 Å². The Morgan fingerprint density at radius 2 is 2.50 bits per heavy atom. The topological polar surface area (TPSA) is 53.1 Å². The second-order valence-corrected chi connectivity index (χ2v) is 2.55. The molecule has 0 radical (unpaired) electrons. The fraction of sp³-hybridized carbons (Fsp3) is 0.625. The maximum absolute atomic E-state index is 5.45. The Bertz CT molecular complexity index is 222. The summed E-state index contributed by atoms with van der Waals surface area (Å²) in [5, 5.41) is 4.05. The van der Waals surface area contributed by atoms with Crippen LogP contribution in [0.3, 0.4) is 0 Å². The molecule has 12 heavy (non-hydrogen) atoms. The number of hydrogen-bond acceptors (Lipinski definition) is 3. The van der Waals surface area contributed by atoms with Crippen LogP contribution in [0.4, 0.5) is 5.82 Å². The lowest BCUT2D eigenvalue weighted by molar-refractivity contribution is 0.141. The molecule has 1 heterocycles. The van der Waals surface area contributed by atoms with Crippen LogP contribution >= 0.6 is 0 Å². The number of hydrogen-bond donors (Lipinski definition) is 1. The van der Waals surface area contributed by atoms with Crippen molar-refractivity contribution in [1.29, 1.82) is 0 Å². The summed E-state index contributed by atoms with van der Waals surface area (Å²) < 4.78 is 7.02. The van der Waals surface area contributed by atoms with E-state index in [0.717, 1.165) is 26.2 Å². The van der Waals surface area contributed by atoms with Gasteiger partial charge in [0.05, 0.1) is 0 Å². The Kier molecular flexibility index (Phi) is 3.60. The van der Waals surface area contributed by atoms with Crippen LogP contribution in [0.15, 0.2) is 12.3 Å². The normalized spacial score (nSPS) is 10.4. The molecule has 0 saturated carbocycles. The van der Waals surface area contributed by atoms with Gasteiger partial charge in [0.25, 0.3) is 0 Å². The van der Waals surface area contributed by atoms with Gasteiger partial charge in [-0.25, -0.2) is 0 Å². The van der Waals surface area contributed by atoms with Crippen LogP contribution in [0, 0.1) is 0 Å². The van der Waals surface area contributed by atoms with Crippen LogP contribution in [0.2, 0.25) is 0 Å². The van der Waals surface area contributed by atoms with Crippen molar-refractivity contribution in [3.8, 4) is 0 Å². The minimum absolute atomic E-state index is 0.575. The quantitative estimate of drug-likeness (QED) is 0.666. The summed E-state index contributed by atoms with van der Waals surface area (Å²) in [7, 11) is 0. The molecule has 1 aromatic heterocycles. The number of aryl methyl sites for hydroxylation is 1. The van der Waals surface area contributed by atoms with Crippen LogP contribution in [0.1, 0.15) is 13.3 Å². The molecule has 1 rings (SSSR count). The molecule has 1 aromatic rings. The highest BCUT2D eigenvalue weighted by molar-refractivity contribution is 5.23. The van der Waals surface area contributed by atoms with Crippen molar-refractivity contribution >= 4 is 5.82 Å². The Balaban J connectivity index is 2.15. The molecule has 0 fully saturated rings. The maximum atomic E-state index is 5.45. The zero-order chi connectivity index (χ0) is 8.81. The van der Waals surface area contributed by atoms with E-state index in [1.54, 1.807) is 6.07 Å². The Hall–Kier alpha value is -1.03. The summed E-state index contributed by atoms with van der Waals surface area (Å²) in [5.41, 5.74) is 5.45. The second kappa shape index (κ2) is 4.77. The molecule has 0 unspecified atom stereocenters. The van der Waals surface area contributed by atoms with Gasteiger partial charge in [0.2, 0.25) is 0 Å². The predicted molar refractivity (Wildman–Crippen MR) is 47.7 cm³/mol. The molecule has 4 heteroatoms. The number of aromatic nitrogens is 2. The zero-order valence-electron chi connectivity index (χ0n) is 7.36. The maximum Gasteiger partial charge on any atom is 0.145 e. The van der Waals surface area contributed by atoms with Gasteiger partial charge in [-0.05, 0) is 19.4 Å². The highest BCUT2D eigenvalue weighted by Gasteiger charge is 1.93. The van der Waals surface area contributed by atoms with Gasteiger partial charge in [0.1, 0.15) is 5.82 Å². The number of nitrogens with two attached hydrogens (primary N) is 1. The van der Waals surface area contributed by atoms with Gasteiger partial charge in [-0.15, -0.1) is 0 Å². The summed E-state index contributed by atoms with van der Waals surface area (Å²) in [4.78, 5) is 0. The van der Waals surface area contributed by atoms with Gasteiger partial charge in [-0.1, -0.05) is 0 Å². The average molecular weight is 169 g/mol. The van der Waals surface area contributed by atoms with Crippen molar-refractivity contribution in [3.63, 3.8) is 0 Å². The van der Waals surface area contributed by atoms with Gasteiger partial charge in [0.15, 0.2) is 0 Å². The minimum atomic E-state index is 0.575. The van der Waals surface area contributed by atoms with Crippen molar-refractivity contribution in [2.75, 3.05) is 18.9 Å². The van der Waals surface area contributed by atoms with E-state index in [2.05, 4.69) is 5.10 Å². The van der Waals surface area contributed by atoms with E-state index in [1.807, 2.05) is 17.8 Å². The van der Waals surface area contributed by atoms with Crippen molar-refractivity contribution in [2.45, 2.75) is 19.9 Å². The Morgan fingerprint density at radius 3 is 3.08 bits per heavy atom. The fourth-order valence-corrected chi connectivity index (χ4v) is 0.975. The highest BCUT2D eigenvalue weighted by Crippen LogP contribution is 1.96. The Morgan fingerprint density at radius 1 is 1.67 bits per heavy atom. The molecule has 0 spiro atoms. The van der Waals surface area contributed by atoms with Crippen molar-refractivity contribution in [1.82, 2.24) is 9.78 Å². The first-order chi connectivity index (χ1) is 5.83. The lowest BCUT2D eigenvalue weighted by Crippen LogP contribution is -2.03. The van der Waals surface area contributed by atoms with Gasteiger partial charge in [-0.3, -0.25) is 4.68 Å². The summed E-state index contributed by atoms with van der Waals surface area (Å²) in [5.74, 6) is 0.575. The first-order valence-electron chi connectivity index (χ1n) is 4.19. The molecule has 0 aliphatic heterocycles. The second-order valence-electron chi connectivity index (χ2n) is 2.55. The number of nitrogen functional groups attached to an aromatic ring is 1. The van der Waals surface area contributed by atoms with Crippen LogP contribution in [-0.4, -0.2) is 23.0 Å². The number of ether oxygens (including phenoxy) is 1. The van der Waals surface area contributed by atoms with Gasteiger partial charge in [-0.2, -0.15) is 5.10 Å². The van der Waals surface area contributed by atoms with E-state index >= 15 is 0 Å². The third-order valence-electron chi connectivity index (χ3n) is 1.54. The number of nitrogens with zero attached hydrogens (tertiary/aromatic N) is 2. The van der Waals surface area contributed by atoms with E-state index in [0.29, 0.717) is 5.82 Å². The average Bonchev–Trinajstić information content (AvgIpc) is 2.45. The van der Waals surface area contributed by atoms with Gasteiger partial charge in [0, 0.05) is 26.0 Å². The molecule has 0 aromatic carbocycles. The first-order valence-corrected chi connectivity index (χ1v) is 4.19. The molecule has 0 amide bonds. The van der Waals surface area contributed by atoms with E-state index in [1.165, 1.54) is 0 Å². The third kappa shape index (κ3) is 2.92. The molecule has 0 aliphatic rings. The van der Waals surface area contributed by atoms with E-state index in [-0.39, 0.29) is 0 Å². The van der Waals surface area contributed by atoms with Gasteiger partial charge >= 0.3 is 0 Å². The van der Waals surface area contributed by atoms with Crippen molar-refractivity contribution in [3.05, 3.63) is 12.3 Å². The standard InChI is InChI=1S/C8H15N3O/c1-2-12-7-3-5-11-6-4-8(9)10-11/h4,6H,2-3,5,7H2,1H3,(H2,9,10). The summed E-state index contributed by atoms with van der Waals surface area (Å²) in [6.07, 6.45) is 2.86. The van der Waals surface area contributed by atoms with Crippen LogP contribution in [0.5, 0.6) is 0 Å². The predicted octanol–water partition coefficient (Wildman–Crippen LogP) is 0.892. The zero-order valence-corrected chi connectivity index (χ0v) is 7.36. The molecule has 4 nitrogen and oxygen atoms in total. The van der Waals surface area contributed by atoms with E-state index in [4.69, 9.17) is 10.5 Å². The molecule has 0 saturated heterocycles. The van der Waals surface area contributed by atoms with E-state index < -0.39 is 0 Å².